The number of nitrogens with one attached hydrogen (secondary N) is 3. The number of amides is 1. The second kappa shape index (κ2) is 18.6. The summed E-state index contributed by atoms with van der Waals surface area (Å²) in [6, 6.07) is 18.7. The number of aromatic amines is 1. The van der Waals surface area contributed by atoms with Gasteiger partial charge in [-0.1, -0.05) is 30.2 Å². The number of nitrogens with zero attached hydrogens (tertiary/aromatic N) is 5. The van der Waals surface area contributed by atoms with E-state index in [1.807, 2.05) is 18.2 Å². The first-order chi connectivity index (χ1) is 31.3. The van der Waals surface area contributed by atoms with E-state index in [4.69, 9.17) is 21.4 Å². The van der Waals surface area contributed by atoms with Crippen molar-refractivity contribution < 1.29 is 32.8 Å². The number of carbonyl (C=O) groups is 2. The Balaban J connectivity index is 0.881. The molecular formula is C47H53ClN8O8S. The number of hydrogen-bond acceptors (Lipinski definition) is 12. The van der Waals surface area contributed by atoms with Crippen molar-refractivity contribution in [2.45, 2.75) is 68.7 Å². The first-order valence-electron chi connectivity index (χ1n) is 22.4. The van der Waals surface area contributed by atoms with E-state index in [1.165, 1.54) is 35.5 Å². The van der Waals surface area contributed by atoms with Gasteiger partial charge in [-0.3, -0.25) is 24.6 Å². The van der Waals surface area contributed by atoms with E-state index < -0.39 is 37.4 Å². The Bertz CT molecular complexity index is 2710. The number of anilines is 2. The van der Waals surface area contributed by atoms with Crippen LogP contribution >= 0.6 is 11.6 Å². The Morgan fingerprint density at radius 3 is 2.57 bits per heavy atom. The average Bonchev–Trinajstić information content (AvgIpc) is 3.64. The Kier molecular flexibility index (Phi) is 12.7. The highest BCUT2D eigenvalue weighted by Gasteiger charge is 2.45. The van der Waals surface area contributed by atoms with Crippen LogP contribution in [0.3, 0.4) is 0 Å². The van der Waals surface area contributed by atoms with Crippen molar-refractivity contribution in [3.63, 3.8) is 0 Å². The summed E-state index contributed by atoms with van der Waals surface area (Å²) in [5.74, 6) is -1.01. The fourth-order valence-corrected chi connectivity index (χ4v) is 11.7. The zero-order valence-electron chi connectivity index (χ0n) is 36.0. The number of fused-ring (bicyclic) bond motifs is 2. The number of ether oxygens (including phenoxy) is 1. The molecular weight excluding hydrogens is 872 g/mol. The summed E-state index contributed by atoms with van der Waals surface area (Å²) in [4.78, 5) is 50.6. The van der Waals surface area contributed by atoms with Crippen molar-refractivity contribution in [2.24, 2.45) is 11.3 Å². The number of aliphatic carboxylic acids is 1. The number of carboxylic acids is 1. The van der Waals surface area contributed by atoms with Crippen LogP contribution in [0.1, 0.15) is 78.9 Å². The fraction of sp³-hybridized carbons (Fsp3) is 0.426. The number of hydrogen-bond donors (Lipinski definition) is 4. The average molecular weight is 926 g/mol. The summed E-state index contributed by atoms with van der Waals surface area (Å²) in [5.41, 5.74) is 3.93. The molecule has 2 aliphatic carbocycles. The van der Waals surface area contributed by atoms with Crippen LogP contribution in [-0.4, -0.2) is 102 Å². The lowest BCUT2D eigenvalue weighted by atomic mass is 9.57. The molecule has 0 radical (unpaired) electrons. The van der Waals surface area contributed by atoms with Gasteiger partial charge in [0.15, 0.2) is 0 Å². The minimum absolute atomic E-state index is 0.0472. The smallest absolute Gasteiger partial charge is 0.304 e. The third kappa shape index (κ3) is 9.78. The Hall–Kier alpha value is -5.75. The first-order valence-corrected chi connectivity index (χ1v) is 24.2. The molecule has 0 unspecified atom stereocenters. The van der Waals surface area contributed by atoms with Gasteiger partial charge in [-0.2, -0.15) is 0 Å². The molecule has 2 aromatic heterocycles. The van der Waals surface area contributed by atoms with Gasteiger partial charge in [0.2, 0.25) is 0 Å². The first kappa shape index (κ1) is 44.5. The largest absolute Gasteiger partial charge is 0.481 e. The molecule has 1 atom stereocenters. The summed E-state index contributed by atoms with van der Waals surface area (Å²) in [5, 5.41) is 26.1. The highest BCUT2D eigenvalue weighted by molar-refractivity contribution is 7.90. The standard InChI is InChI=1S/C47H53ClN8O8S/c48-39-6-3-5-37-36(39)4-1-2-7-41(37)55-22-20-54(21-23-55)33-8-10-38(43(25-33)64-34-24-32-12-16-49-45(32)51-30-34)46(59)52-65(62,63)35-9-11-40(42(26-35)56(60)61)50-29-31-27-47(28-31)14-18-53(19-15-47)17-13-44(57)58/h3,5-6,8-12,16,24-26,30-31,41,50H,1-2,4,7,13-15,17-23,27-29H2,(H,49,51)(H,52,59)(H,57,58)/t41-/m1/s1. The topological polar surface area (TPSA) is 203 Å². The predicted molar refractivity (Wildman–Crippen MR) is 247 cm³/mol. The highest BCUT2D eigenvalue weighted by atomic mass is 35.5. The van der Waals surface area contributed by atoms with Crippen molar-refractivity contribution in [1.29, 1.82) is 0 Å². The molecule has 16 nitrogen and oxygen atoms in total. The number of rotatable bonds is 14. The van der Waals surface area contributed by atoms with Crippen molar-refractivity contribution in [1.82, 2.24) is 24.5 Å². The summed E-state index contributed by atoms with van der Waals surface area (Å²) in [7, 11) is -4.59. The molecule has 3 fully saturated rings. The Morgan fingerprint density at radius 2 is 1.80 bits per heavy atom. The summed E-state index contributed by atoms with van der Waals surface area (Å²) >= 11 is 6.66. The SMILES string of the molecule is O=C(O)CCN1CCC2(CC1)CC(CNc1ccc(S(=O)(=O)NC(=O)c3ccc(N4CCN([C@@H]5CCCCc6c(Cl)cccc65)CC4)cc3Oc3cnc4[nH]ccc4c3)cc1[N+](=O)[O-])C2. The fourth-order valence-electron chi connectivity index (χ4n) is 10.4. The maximum atomic E-state index is 14.0. The number of benzene rings is 3. The summed E-state index contributed by atoms with van der Waals surface area (Å²) in [6.45, 7) is 5.79. The molecule has 0 bridgehead atoms. The number of H-pyrrole nitrogens is 1. The number of nitro benzene ring substituents is 1. The number of likely N-dealkylation sites (tertiary alicyclic amines) is 1. The molecule has 18 heteroatoms. The van der Waals surface area contributed by atoms with E-state index in [0.717, 1.165) is 99.7 Å². The lowest BCUT2D eigenvalue weighted by molar-refractivity contribution is -0.384. The van der Waals surface area contributed by atoms with Gasteiger partial charge in [-0.05, 0) is 123 Å². The monoisotopic (exact) mass is 924 g/mol. The molecule has 4 N–H and O–H groups in total. The number of piperidine rings is 1. The number of pyridine rings is 1. The summed E-state index contributed by atoms with van der Waals surface area (Å²) < 4.78 is 36.0. The molecule has 3 aromatic carbocycles. The van der Waals surface area contributed by atoms with Crippen LogP contribution in [0.25, 0.3) is 11.0 Å². The number of aromatic nitrogens is 2. The van der Waals surface area contributed by atoms with E-state index >= 15 is 0 Å². The van der Waals surface area contributed by atoms with Crippen molar-refractivity contribution in [2.75, 3.05) is 62.6 Å². The maximum Gasteiger partial charge on any atom is 0.304 e. The molecule has 9 rings (SSSR count). The number of carbonyl (C=O) groups excluding carboxylic acids is 1. The van der Waals surface area contributed by atoms with Gasteiger partial charge in [0, 0.05) is 79.7 Å². The van der Waals surface area contributed by atoms with Gasteiger partial charge in [-0.15, -0.1) is 0 Å². The molecule has 342 valence electrons. The number of sulfonamides is 1. The second-order valence-corrected chi connectivity index (χ2v) is 20.1. The van der Waals surface area contributed by atoms with Gasteiger partial charge < -0.3 is 29.9 Å². The molecule has 4 aliphatic rings. The van der Waals surface area contributed by atoms with E-state index in [-0.39, 0.29) is 34.9 Å². The number of halogens is 1. The quantitative estimate of drug-likeness (QED) is 0.0474. The molecule has 1 saturated carbocycles. The normalized spacial score (nSPS) is 19.3. The van der Waals surface area contributed by atoms with Crippen LogP contribution in [0.5, 0.6) is 11.5 Å². The molecule has 2 aliphatic heterocycles. The maximum absolute atomic E-state index is 14.0. The molecule has 5 aromatic rings. The van der Waals surface area contributed by atoms with Crippen molar-refractivity contribution in [3.05, 3.63) is 111 Å². The van der Waals surface area contributed by atoms with Crippen molar-refractivity contribution in [3.8, 4) is 11.5 Å². The highest BCUT2D eigenvalue weighted by Crippen LogP contribution is 2.52. The second-order valence-electron chi connectivity index (χ2n) is 18.0. The molecule has 4 heterocycles. The number of nitro groups is 1. The molecule has 1 amide bonds. The lowest BCUT2D eigenvalue weighted by Gasteiger charge is -2.52. The van der Waals surface area contributed by atoms with E-state index in [2.05, 4.69) is 40.8 Å². The van der Waals surface area contributed by atoms with Crippen LogP contribution in [-0.2, 0) is 21.2 Å². The van der Waals surface area contributed by atoms with Gasteiger partial charge in [0.1, 0.15) is 22.8 Å². The zero-order valence-corrected chi connectivity index (χ0v) is 37.6. The molecule has 1 spiro atoms. The van der Waals surface area contributed by atoms with Crippen LogP contribution in [0, 0.1) is 21.4 Å². The van der Waals surface area contributed by atoms with Crippen LogP contribution in [0.4, 0.5) is 17.1 Å². The third-order valence-corrected chi connectivity index (χ3v) is 15.6. The van der Waals surface area contributed by atoms with Gasteiger partial charge in [-0.25, -0.2) is 18.1 Å². The number of carboxylic acid groups (broad SMARTS) is 1. The lowest BCUT2D eigenvalue weighted by Crippen LogP contribution is -2.48. The molecule has 65 heavy (non-hydrogen) atoms. The van der Waals surface area contributed by atoms with Crippen LogP contribution < -0.4 is 19.7 Å². The minimum Gasteiger partial charge on any atom is -0.481 e. The Morgan fingerprint density at radius 1 is 1.00 bits per heavy atom. The molecule has 2 saturated heterocycles. The Labute approximate surface area is 382 Å². The van der Waals surface area contributed by atoms with Crippen molar-refractivity contribution >= 4 is 61.6 Å². The zero-order chi connectivity index (χ0) is 45.3. The van der Waals surface area contributed by atoms with Gasteiger partial charge >= 0.3 is 5.97 Å². The van der Waals surface area contributed by atoms with E-state index in [1.54, 1.807) is 24.4 Å². The van der Waals surface area contributed by atoms with E-state index in [9.17, 15) is 28.1 Å². The minimum atomic E-state index is -4.59. The number of piperazine rings is 1. The van der Waals surface area contributed by atoms with Crippen LogP contribution in [0.2, 0.25) is 5.02 Å². The van der Waals surface area contributed by atoms with Gasteiger partial charge in [0.25, 0.3) is 21.6 Å². The predicted octanol–water partition coefficient (Wildman–Crippen LogP) is 8.00. The van der Waals surface area contributed by atoms with Gasteiger partial charge in [0.05, 0.1) is 28.0 Å². The third-order valence-electron chi connectivity index (χ3n) is 13.9. The van der Waals surface area contributed by atoms with Crippen LogP contribution in [0.15, 0.2) is 84.0 Å². The van der Waals surface area contributed by atoms with E-state index in [0.29, 0.717) is 43.5 Å². The summed E-state index contributed by atoms with van der Waals surface area (Å²) in [6.07, 6.45) is 11.6.